The zero-order valence-corrected chi connectivity index (χ0v) is 14.3. The van der Waals surface area contributed by atoms with Gasteiger partial charge < -0.3 is 10.4 Å². The van der Waals surface area contributed by atoms with Gasteiger partial charge in [-0.05, 0) is 47.5 Å². The molecule has 130 valence electrons. The van der Waals surface area contributed by atoms with Crippen molar-refractivity contribution in [1.29, 1.82) is 0 Å². The first-order chi connectivity index (χ1) is 12.8. The molecule has 2 aromatic heterocycles. The van der Waals surface area contributed by atoms with Crippen molar-refractivity contribution in [2.24, 2.45) is 0 Å². The molecule has 2 N–H and O–H groups in total. The Bertz CT molecular complexity index is 980. The van der Waals surface area contributed by atoms with Gasteiger partial charge in [-0.3, -0.25) is 9.55 Å². The quantitative estimate of drug-likeness (QED) is 0.564. The van der Waals surface area contributed by atoms with Crippen molar-refractivity contribution in [3.8, 4) is 5.69 Å². The van der Waals surface area contributed by atoms with E-state index in [-0.39, 0.29) is 0 Å². The molecule has 2 aromatic carbocycles. The fourth-order valence-electron chi connectivity index (χ4n) is 3.00. The minimum Gasteiger partial charge on any atom is -0.387 e. The number of hydrogen-bond acceptors (Lipinski definition) is 4. The van der Waals surface area contributed by atoms with Gasteiger partial charge >= 0.3 is 0 Å². The summed E-state index contributed by atoms with van der Waals surface area (Å²) in [4.78, 5) is 8.40. The monoisotopic (exact) mass is 344 g/mol. The van der Waals surface area contributed by atoms with E-state index >= 15 is 0 Å². The predicted octanol–water partition coefficient (Wildman–Crippen LogP) is 3.24. The Morgan fingerprint density at radius 3 is 2.54 bits per heavy atom. The molecule has 0 aliphatic heterocycles. The standard InChI is InChI=1S/C21H20N4O/c26-21(17-9-11-22-12-10-17)14-23-13-16-5-7-18(8-6-16)25-15-24-19-3-1-2-4-20(19)25/h1-12,15,21,23,26H,13-14H2. The fourth-order valence-corrected chi connectivity index (χ4v) is 3.00. The molecule has 0 amide bonds. The maximum absolute atomic E-state index is 10.2. The molecule has 4 rings (SSSR count). The van der Waals surface area contributed by atoms with E-state index in [1.807, 2.05) is 36.7 Å². The van der Waals surface area contributed by atoms with Gasteiger partial charge in [0.15, 0.2) is 0 Å². The maximum atomic E-state index is 10.2. The van der Waals surface area contributed by atoms with E-state index in [4.69, 9.17) is 0 Å². The summed E-state index contributed by atoms with van der Waals surface area (Å²) in [5.41, 5.74) is 5.20. The summed E-state index contributed by atoms with van der Waals surface area (Å²) < 4.78 is 2.08. The van der Waals surface area contributed by atoms with E-state index in [2.05, 4.69) is 50.2 Å². The summed E-state index contributed by atoms with van der Waals surface area (Å²) in [6, 6.07) is 20.1. The van der Waals surface area contributed by atoms with Crippen molar-refractivity contribution in [3.05, 3.63) is 90.5 Å². The first-order valence-corrected chi connectivity index (χ1v) is 8.61. The summed E-state index contributed by atoms with van der Waals surface area (Å²) in [6.45, 7) is 1.20. The number of aromatic nitrogens is 3. The average molecular weight is 344 g/mol. The van der Waals surface area contributed by atoms with Crippen LogP contribution in [0.25, 0.3) is 16.7 Å². The van der Waals surface area contributed by atoms with Crippen molar-refractivity contribution in [1.82, 2.24) is 19.9 Å². The molecule has 0 saturated carbocycles. The van der Waals surface area contributed by atoms with Gasteiger partial charge in [0.2, 0.25) is 0 Å². The molecule has 0 spiro atoms. The third-order valence-corrected chi connectivity index (χ3v) is 4.43. The van der Waals surface area contributed by atoms with Gasteiger partial charge in [0.05, 0.1) is 17.1 Å². The summed E-state index contributed by atoms with van der Waals surface area (Å²) in [7, 11) is 0. The molecule has 5 heteroatoms. The van der Waals surface area contributed by atoms with E-state index in [0.29, 0.717) is 13.1 Å². The second-order valence-corrected chi connectivity index (χ2v) is 6.20. The van der Waals surface area contributed by atoms with E-state index in [1.165, 1.54) is 5.56 Å². The van der Waals surface area contributed by atoms with Gasteiger partial charge in [0.25, 0.3) is 0 Å². The molecule has 0 bridgehead atoms. The second kappa shape index (κ2) is 7.47. The molecule has 0 fully saturated rings. The summed E-state index contributed by atoms with van der Waals surface area (Å²) >= 11 is 0. The van der Waals surface area contributed by atoms with Crippen LogP contribution in [0.2, 0.25) is 0 Å². The SMILES string of the molecule is OC(CNCc1ccc(-n2cnc3ccccc32)cc1)c1ccncc1. The Balaban J connectivity index is 1.39. The number of aliphatic hydroxyl groups is 1. The Hall–Kier alpha value is -3.02. The number of nitrogens with zero attached hydrogens (tertiary/aromatic N) is 3. The topological polar surface area (TPSA) is 63.0 Å². The van der Waals surface area contributed by atoms with E-state index in [1.54, 1.807) is 12.4 Å². The zero-order chi connectivity index (χ0) is 17.8. The molecule has 5 nitrogen and oxygen atoms in total. The number of benzene rings is 2. The number of hydrogen-bond donors (Lipinski definition) is 2. The van der Waals surface area contributed by atoms with Crippen LogP contribution in [0.4, 0.5) is 0 Å². The smallest absolute Gasteiger partial charge is 0.100 e. The molecular weight excluding hydrogens is 324 g/mol. The van der Waals surface area contributed by atoms with Crippen LogP contribution in [-0.4, -0.2) is 26.2 Å². The molecule has 26 heavy (non-hydrogen) atoms. The Labute approximate surface area is 152 Å². The van der Waals surface area contributed by atoms with Crippen LogP contribution in [0, 0.1) is 0 Å². The van der Waals surface area contributed by atoms with Crippen LogP contribution < -0.4 is 5.32 Å². The number of nitrogens with one attached hydrogen (secondary N) is 1. The van der Waals surface area contributed by atoms with Crippen molar-refractivity contribution in [3.63, 3.8) is 0 Å². The van der Waals surface area contributed by atoms with Gasteiger partial charge in [0.1, 0.15) is 6.33 Å². The summed E-state index contributed by atoms with van der Waals surface area (Å²) in [5, 5.41) is 13.5. The molecule has 0 saturated heterocycles. The zero-order valence-electron chi connectivity index (χ0n) is 14.3. The van der Waals surface area contributed by atoms with Crippen LogP contribution in [0.1, 0.15) is 17.2 Å². The van der Waals surface area contributed by atoms with Gasteiger partial charge in [0, 0.05) is 31.2 Å². The highest BCUT2D eigenvalue weighted by Gasteiger charge is 2.07. The van der Waals surface area contributed by atoms with Gasteiger partial charge in [-0.2, -0.15) is 0 Å². The Morgan fingerprint density at radius 1 is 0.962 bits per heavy atom. The molecule has 0 aliphatic carbocycles. The maximum Gasteiger partial charge on any atom is 0.100 e. The van der Waals surface area contributed by atoms with Gasteiger partial charge in [-0.25, -0.2) is 4.98 Å². The third kappa shape index (κ3) is 3.49. The predicted molar refractivity (Wildman–Crippen MR) is 102 cm³/mol. The molecular formula is C21H20N4O. The van der Waals surface area contributed by atoms with Gasteiger partial charge in [-0.1, -0.05) is 24.3 Å². The van der Waals surface area contributed by atoms with Gasteiger partial charge in [-0.15, -0.1) is 0 Å². The van der Waals surface area contributed by atoms with E-state index in [9.17, 15) is 5.11 Å². The molecule has 1 atom stereocenters. The highest BCUT2D eigenvalue weighted by molar-refractivity contribution is 5.77. The Morgan fingerprint density at radius 2 is 1.73 bits per heavy atom. The first-order valence-electron chi connectivity index (χ1n) is 8.61. The number of aliphatic hydroxyl groups excluding tert-OH is 1. The Kier molecular flexibility index (Phi) is 4.73. The lowest BCUT2D eigenvalue weighted by Gasteiger charge is -2.12. The molecule has 4 aromatic rings. The van der Waals surface area contributed by atoms with Crippen LogP contribution in [0.5, 0.6) is 0 Å². The molecule has 2 heterocycles. The normalized spacial score (nSPS) is 12.3. The lowest BCUT2D eigenvalue weighted by atomic mass is 10.1. The van der Waals surface area contributed by atoms with Crippen molar-refractivity contribution >= 4 is 11.0 Å². The van der Waals surface area contributed by atoms with Crippen molar-refractivity contribution in [2.45, 2.75) is 12.6 Å². The number of rotatable bonds is 6. The fraction of sp³-hybridized carbons (Fsp3) is 0.143. The first kappa shape index (κ1) is 16.4. The lowest BCUT2D eigenvalue weighted by Crippen LogP contribution is -2.21. The largest absolute Gasteiger partial charge is 0.387 e. The molecule has 0 aliphatic rings. The molecule has 1 unspecified atom stereocenters. The highest BCUT2D eigenvalue weighted by Crippen LogP contribution is 2.18. The number of imidazole rings is 1. The highest BCUT2D eigenvalue weighted by atomic mass is 16.3. The average Bonchev–Trinajstić information content (AvgIpc) is 3.13. The second-order valence-electron chi connectivity index (χ2n) is 6.20. The van der Waals surface area contributed by atoms with E-state index in [0.717, 1.165) is 22.3 Å². The van der Waals surface area contributed by atoms with Crippen LogP contribution in [0.15, 0.2) is 79.4 Å². The van der Waals surface area contributed by atoms with Crippen LogP contribution in [-0.2, 0) is 6.54 Å². The minimum atomic E-state index is -0.533. The van der Waals surface area contributed by atoms with Crippen molar-refractivity contribution in [2.75, 3.05) is 6.54 Å². The number of fused-ring (bicyclic) bond motifs is 1. The third-order valence-electron chi connectivity index (χ3n) is 4.43. The van der Waals surface area contributed by atoms with Crippen molar-refractivity contribution < 1.29 is 5.11 Å². The molecule has 0 radical (unpaired) electrons. The summed E-state index contributed by atoms with van der Waals surface area (Å²) in [6.07, 6.45) is 4.70. The minimum absolute atomic E-state index is 0.498. The number of pyridine rings is 1. The van der Waals surface area contributed by atoms with E-state index < -0.39 is 6.10 Å². The summed E-state index contributed by atoms with van der Waals surface area (Å²) in [5.74, 6) is 0. The lowest BCUT2D eigenvalue weighted by molar-refractivity contribution is 0.174. The van der Waals surface area contributed by atoms with Crippen LogP contribution >= 0.6 is 0 Å². The van der Waals surface area contributed by atoms with Crippen LogP contribution in [0.3, 0.4) is 0 Å². The number of para-hydroxylation sites is 2.